The third kappa shape index (κ3) is 3.97. The number of fused-ring (bicyclic) bond motifs is 1. The maximum Gasteiger partial charge on any atom is 0.257 e. The van der Waals surface area contributed by atoms with Crippen LogP contribution in [-0.4, -0.2) is 59.0 Å². The molecule has 0 saturated carbocycles. The summed E-state index contributed by atoms with van der Waals surface area (Å²) in [5.41, 5.74) is 7.13. The van der Waals surface area contributed by atoms with Gasteiger partial charge in [-0.25, -0.2) is 14.4 Å². The fourth-order valence-electron chi connectivity index (χ4n) is 3.55. The second-order valence-corrected chi connectivity index (χ2v) is 6.96. The van der Waals surface area contributed by atoms with Crippen molar-refractivity contribution in [2.75, 3.05) is 39.0 Å². The Kier molecular flexibility index (Phi) is 5.26. The van der Waals surface area contributed by atoms with Gasteiger partial charge >= 0.3 is 0 Å². The fourth-order valence-corrected chi connectivity index (χ4v) is 3.55. The summed E-state index contributed by atoms with van der Waals surface area (Å²) in [6, 6.07) is 11.6. The van der Waals surface area contributed by atoms with E-state index in [0.29, 0.717) is 50.1 Å². The van der Waals surface area contributed by atoms with Gasteiger partial charge in [-0.3, -0.25) is 9.69 Å². The van der Waals surface area contributed by atoms with Crippen LogP contribution < -0.4 is 10.5 Å². The van der Waals surface area contributed by atoms with Crippen LogP contribution in [0.4, 0.5) is 10.2 Å². The number of nitrogen functional groups attached to an aromatic ring is 1. The van der Waals surface area contributed by atoms with Crippen LogP contribution >= 0.6 is 0 Å². The lowest BCUT2D eigenvalue weighted by Gasteiger charge is -2.34. The molecule has 29 heavy (non-hydrogen) atoms. The highest BCUT2D eigenvalue weighted by Crippen LogP contribution is 2.22. The molecule has 1 fully saturated rings. The minimum absolute atomic E-state index is 0.229. The van der Waals surface area contributed by atoms with Crippen LogP contribution in [0.2, 0.25) is 0 Å². The first-order valence-corrected chi connectivity index (χ1v) is 9.41. The van der Waals surface area contributed by atoms with Crippen LogP contribution in [-0.2, 0) is 6.54 Å². The summed E-state index contributed by atoms with van der Waals surface area (Å²) in [4.78, 5) is 25.7. The minimum atomic E-state index is -0.459. The highest BCUT2D eigenvalue weighted by molar-refractivity contribution is 5.97. The van der Waals surface area contributed by atoms with Gasteiger partial charge in [-0.15, -0.1) is 0 Å². The zero-order chi connectivity index (χ0) is 20.4. The molecule has 4 rings (SSSR count). The minimum Gasteiger partial charge on any atom is -0.496 e. The number of carbonyl (C=O) groups excluding carboxylic acids is 1. The van der Waals surface area contributed by atoms with Crippen LogP contribution in [0.15, 0.2) is 42.5 Å². The third-order valence-electron chi connectivity index (χ3n) is 5.10. The van der Waals surface area contributed by atoms with E-state index in [1.807, 2.05) is 24.3 Å². The monoisotopic (exact) mass is 395 g/mol. The van der Waals surface area contributed by atoms with Gasteiger partial charge in [-0.2, -0.15) is 0 Å². The first-order valence-electron chi connectivity index (χ1n) is 9.41. The summed E-state index contributed by atoms with van der Waals surface area (Å²) in [5.74, 6) is 0.815. The van der Waals surface area contributed by atoms with Crippen molar-refractivity contribution in [1.29, 1.82) is 0 Å². The number of rotatable bonds is 4. The van der Waals surface area contributed by atoms with Crippen LogP contribution in [0.1, 0.15) is 16.2 Å². The number of carbonyl (C=O) groups is 1. The summed E-state index contributed by atoms with van der Waals surface area (Å²) in [7, 11) is 1.47. The Balaban J connectivity index is 1.42. The van der Waals surface area contributed by atoms with Gasteiger partial charge in [-0.1, -0.05) is 12.1 Å². The number of anilines is 1. The molecule has 2 heterocycles. The summed E-state index contributed by atoms with van der Waals surface area (Å²) >= 11 is 0. The summed E-state index contributed by atoms with van der Waals surface area (Å²) in [6.45, 7) is 2.95. The van der Waals surface area contributed by atoms with Gasteiger partial charge in [0.1, 0.15) is 23.2 Å². The molecule has 0 bridgehead atoms. The Morgan fingerprint density at radius 1 is 1.14 bits per heavy atom. The number of benzene rings is 2. The van der Waals surface area contributed by atoms with E-state index in [1.165, 1.54) is 25.3 Å². The molecule has 2 N–H and O–H groups in total. The van der Waals surface area contributed by atoms with Gasteiger partial charge in [0, 0.05) is 31.6 Å². The lowest BCUT2D eigenvalue weighted by Crippen LogP contribution is -2.48. The SMILES string of the molecule is COc1ccc(F)cc1C(=O)N1CCN(Cc2nc(N)c3ccccc3n2)CC1. The number of aromatic nitrogens is 2. The molecule has 150 valence electrons. The number of halogens is 1. The van der Waals surface area contributed by atoms with Gasteiger partial charge < -0.3 is 15.4 Å². The van der Waals surface area contributed by atoms with Crippen molar-refractivity contribution in [3.63, 3.8) is 0 Å². The molecule has 0 unspecified atom stereocenters. The van der Waals surface area contributed by atoms with E-state index in [2.05, 4.69) is 14.9 Å². The van der Waals surface area contributed by atoms with Crippen LogP contribution in [0, 0.1) is 5.82 Å². The zero-order valence-electron chi connectivity index (χ0n) is 16.1. The third-order valence-corrected chi connectivity index (χ3v) is 5.10. The lowest BCUT2D eigenvalue weighted by atomic mass is 10.1. The summed E-state index contributed by atoms with van der Waals surface area (Å²) in [5, 5.41) is 0.843. The van der Waals surface area contributed by atoms with E-state index >= 15 is 0 Å². The summed E-state index contributed by atoms with van der Waals surface area (Å²) in [6.07, 6.45) is 0. The molecule has 2 aromatic carbocycles. The van der Waals surface area contributed by atoms with Crippen molar-refractivity contribution < 1.29 is 13.9 Å². The number of nitrogens with zero attached hydrogens (tertiary/aromatic N) is 4. The van der Waals surface area contributed by atoms with Gasteiger partial charge in [0.2, 0.25) is 0 Å². The number of amides is 1. The standard InChI is InChI=1S/C21H22FN5O2/c1-29-18-7-6-14(22)12-16(18)21(28)27-10-8-26(9-11-27)13-19-24-17-5-3-2-4-15(17)20(23)25-19/h2-7,12H,8-11,13H2,1H3,(H2,23,24,25). The predicted octanol–water partition coefficient (Wildman–Crippen LogP) is 2.32. The molecule has 0 radical (unpaired) electrons. The highest BCUT2D eigenvalue weighted by atomic mass is 19.1. The Morgan fingerprint density at radius 3 is 2.66 bits per heavy atom. The number of hydrogen-bond acceptors (Lipinski definition) is 6. The lowest BCUT2D eigenvalue weighted by molar-refractivity contribution is 0.0622. The van der Waals surface area contributed by atoms with Crippen molar-refractivity contribution in [3.8, 4) is 5.75 Å². The van der Waals surface area contributed by atoms with E-state index in [1.54, 1.807) is 4.90 Å². The van der Waals surface area contributed by atoms with Crippen LogP contribution in [0.3, 0.4) is 0 Å². The Hall–Kier alpha value is -3.26. The average molecular weight is 395 g/mol. The molecular formula is C21H22FN5O2. The molecule has 1 aliphatic rings. The first kappa shape index (κ1) is 19.1. The van der Waals surface area contributed by atoms with Crippen molar-refractivity contribution in [1.82, 2.24) is 19.8 Å². The molecule has 7 nitrogen and oxygen atoms in total. The van der Waals surface area contributed by atoms with Crippen LogP contribution in [0.25, 0.3) is 10.9 Å². The van der Waals surface area contributed by atoms with Crippen molar-refractivity contribution in [2.45, 2.75) is 6.54 Å². The number of nitrogens with two attached hydrogens (primary N) is 1. The maximum atomic E-state index is 13.6. The van der Waals surface area contributed by atoms with E-state index in [0.717, 1.165) is 10.9 Å². The number of hydrogen-bond donors (Lipinski definition) is 1. The van der Waals surface area contributed by atoms with Crippen molar-refractivity contribution >= 4 is 22.6 Å². The molecule has 1 amide bonds. The fraction of sp³-hybridized carbons (Fsp3) is 0.286. The Morgan fingerprint density at radius 2 is 1.90 bits per heavy atom. The topological polar surface area (TPSA) is 84.6 Å². The molecular weight excluding hydrogens is 373 g/mol. The molecule has 0 spiro atoms. The van der Waals surface area contributed by atoms with E-state index in [-0.39, 0.29) is 11.5 Å². The highest BCUT2D eigenvalue weighted by Gasteiger charge is 2.25. The largest absolute Gasteiger partial charge is 0.496 e. The van der Waals surface area contributed by atoms with Crippen LogP contribution in [0.5, 0.6) is 5.75 Å². The Labute approximate surface area is 167 Å². The van der Waals surface area contributed by atoms with Crippen molar-refractivity contribution in [3.05, 3.63) is 59.7 Å². The number of para-hydroxylation sites is 1. The maximum absolute atomic E-state index is 13.6. The average Bonchev–Trinajstić information content (AvgIpc) is 2.74. The smallest absolute Gasteiger partial charge is 0.257 e. The number of piperazine rings is 1. The van der Waals surface area contributed by atoms with Gasteiger partial charge in [0.25, 0.3) is 5.91 Å². The van der Waals surface area contributed by atoms with Crippen molar-refractivity contribution in [2.24, 2.45) is 0 Å². The number of ether oxygens (including phenoxy) is 1. The Bertz CT molecular complexity index is 1050. The molecule has 8 heteroatoms. The number of methoxy groups -OCH3 is 1. The van der Waals surface area contributed by atoms with E-state index in [9.17, 15) is 9.18 Å². The quantitative estimate of drug-likeness (QED) is 0.730. The molecule has 1 aromatic heterocycles. The van der Waals surface area contributed by atoms with Gasteiger partial charge in [0.15, 0.2) is 0 Å². The molecule has 0 atom stereocenters. The molecule has 0 aliphatic carbocycles. The second kappa shape index (κ2) is 8.00. The zero-order valence-corrected chi connectivity index (χ0v) is 16.1. The predicted molar refractivity (Wildman–Crippen MR) is 108 cm³/mol. The molecule has 3 aromatic rings. The van der Waals surface area contributed by atoms with E-state index < -0.39 is 5.82 Å². The molecule has 1 saturated heterocycles. The van der Waals surface area contributed by atoms with Gasteiger partial charge in [-0.05, 0) is 30.3 Å². The molecule has 1 aliphatic heterocycles. The first-order chi connectivity index (χ1) is 14.0. The summed E-state index contributed by atoms with van der Waals surface area (Å²) < 4.78 is 18.8. The normalized spacial score (nSPS) is 14.9. The van der Waals surface area contributed by atoms with E-state index in [4.69, 9.17) is 10.5 Å². The second-order valence-electron chi connectivity index (χ2n) is 6.96. The van der Waals surface area contributed by atoms with Gasteiger partial charge in [0.05, 0.1) is 24.7 Å².